The zero-order valence-corrected chi connectivity index (χ0v) is 20.1. The number of carboxylic acids is 1. The Bertz CT molecular complexity index is 728. The van der Waals surface area contributed by atoms with E-state index < -0.39 is 5.97 Å². The monoisotopic (exact) mass is 428 g/mol. The van der Waals surface area contributed by atoms with Crippen molar-refractivity contribution in [2.75, 3.05) is 45.9 Å². The van der Waals surface area contributed by atoms with Crippen molar-refractivity contribution in [2.24, 2.45) is 0 Å². The number of piperazine rings is 1. The quantitative estimate of drug-likeness (QED) is 0.483. The number of aliphatic carboxylic acids is 1. The van der Waals surface area contributed by atoms with Crippen LogP contribution >= 0.6 is 11.6 Å². The SMILES string of the molecule is O=C(O)COCCN1CCN(C(c2ccccc2)c2ccc(Cl)cc2)CC1.[H-].[K+]. The van der Waals surface area contributed by atoms with Gasteiger partial charge in [-0.05, 0) is 23.3 Å². The Morgan fingerprint density at radius 2 is 1.64 bits per heavy atom. The Hall–Kier alpha value is -0.284. The summed E-state index contributed by atoms with van der Waals surface area (Å²) in [6.07, 6.45) is 0. The summed E-state index contributed by atoms with van der Waals surface area (Å²) in [5.74, 6) is -0.923. The molecule has 1 atom stereocenters. The van der Waals surface area contributed by atoms with Gasteiger partial charge in [0.15, 0.2) is 0 Å². The van der Waals surface area contributed by atoms with Crippen LogP contribution in [0.2, 0.25) is 5.02 Å². The molecule has 1 unspecified atom stereocenters. The molecule has 3 rings (SSSR count). The van der Waals surface area contributed by atoms with Crippen molar-refractivity contribution in [3.63, 3.8) is 0 Å². The van der Waals surface area contributed by atoms with E-state index in [9.17, 15) is 4.79 Å². The fourth-order valence-corrected chi connectivity index (χ4v) is 3.62. The van der Waals surface area contributed by atoms with Gasteiger partial charge in [0.25, 0.3) is 0 Å². The number of carbonyl (C=O) groups is 1. The molecule has 0 saturated carbocycles. The van der Waals surface area contributed by atoms with E-state index in [4.69, 9.17) is 21.4 Å². The molecule has 0 radical (unpaired) electrons. The Morgan fingerprint density at radius 1 is 1.04 bits per heavy atom. The Balaban J connectivity index is 0.00000210. The molecule has 2 aromatic rings. The maximum atomic E-state index is 10.5. The number of rotatable bonds is 8. The second kappa shape index (κ2) is 12.4. The first-order chi connectivity index (χ1) is 13.1. The van der Waals surface area contributed by atoms with Crippen LogP contribution in [0.3, 0.4) is 0 Å². The Kier molecular flexibility index (Phi) is 10.6. The number of nitrogens with zero attached hydrogens (tertiary/aromatic N) is 2. The van der Waals surface area contributed by atoms with E-state index in [1.807, 2.05) is 18.2 Å². The third kappa shape index (κ3) is 7.20. The van der Waals surface area contributed by atoms with Crippen molar-refractivity contribution in [1.82, 2.24) is 9.80 Å². The number of carboxylic acid groups (broad SMARTS) is 1. The smallest absolute Gasteiger partial charge is 1.00 e. The normalized spacial score (nSPS) is 16.3. The van der Waals surface area contributed by atoms with Gasteiger partial charge in [-0.15, -0.1) is 0 Å². The van der Waals surface area contributed by atoms with Crippen molar-refractivity contribution in [2.45, 2.75) is 6.04 Å². The molecule has 2 aromatic carbocycles. The minimum Gasteiger partial charge on any atom is -1.00 e. The molecule has 7 heteroatoms. The van der Waals surface area contributed by atoms with Gasteiger partial charge in [-0.1, -0.05) is 54.1 Å². The molecule has 1 fully saturated rings. The van der Waals surface area contributed by atoms with E-state index in [0.29, 0.717) is 6.61 Å². The number of benzene rings is 2. The summed E-state index contributed by atoms with van der Waals surface area (Å²) in [7, 11) is 0. The van der Waals surface area contributed by atoms with E-state index in [1.165, 1.54) is 11.1 Å². The first-order valence-corrected chi connectivity index (χ1v) is 9.57. The average molecular weight is 429 g/mol. The molecule has 1 aliphatic heterocycles. The summed E-state index contributed by atoms with van der Waals surface area (Å²) in [6, 6.07) is 18.8. The third-order valence-corrected chi connectivity index (χ3v) is 5.10. The van der Waals surface area contributed by atoms with Crippen molar-refractivity contribution in [3.8, 4) is 0 Å². The molecule has 0 bridgehead atoms. The second-order valence-corrected chi connectivity index (χ2v) is 7.13. The van der Waals surface area contributed by atoms with Gasteiger partial charge in [0.1, 0.15) is 6.61 Å². The van der Waals surface area contributed by atoms with Crippen LogP contribution in [-0.4, -0.2) is 66.8 Å². The molecule has 1 heterocycles. The first-order valence-electron chi connectivity index (χ1n) is 9.20. The van der Waals surface area contributed by atoms with Gasteiger partial charge in [-0.2, -0.15) is 0 Å². The molecule has 28 heavy (non-hydrogen) atoms. The fraction of sp³-hybridized carbons (Fsp3) is 0.381. The van der Waals surface area contributed by atoms with Crippen LogP contribution in [0.15, 0.2) is 54.6 Å². The summed E-state index contributed by atoms with van der Waals surface area (Å²) >= 11 is 6.08. The topological polar surface area (TPSA) is 53.0 Å². The summed E-state index contributed by atoms with van der Waals surface area (Å²) in [6.45, 7) is 4.75. The van der Waals surface area contributed by atoms with Gasteiger partial charge < -0.3 is 11.3 Å². The predicted molar refractivity (Wildman–Crippen MR) is 107 cm³/mol. The van der Waals surface area contributed by atoms with E-state index in [1.54, 1.807) is 0 Å². The van der Waals surface area contributed by atoms with Crippen molar-refractivity contribution < 1.29 is 67.4 Å². The van der Waals surface area contributed by atoms with E-state index >= 15 is 0 Å². The van der Waals surface area contributed by atoms with Crippen LogP contribution in [0.5, 0.6) is 0 Å². The minimum absolute atomic E-state index is 0. The molecule has 0 aromatic heterocycles. The number of halogens is 1. The van der Waals surface area contributed by atoms with Crippen LogP contribution < -0.4 is 51.4 Å². The maximum absolute atomic E-state index is 10.5. The predicted octanol–water partition coefficient (Wildman–Crippen LogP) is 0.265. The van der Waals surface area contributed by atoms with Gasteiger partial charge in [0.2, 0.25) is 0 Å². The van der Waals surface area contributed by atoms with Crippen LogP contribution in [0.1, 0.15) is 18.6 Å². The van der Waals surface area contributed by atoms with Crippen LogP contribution in [-0.2, 0) is 9.53 Å². The molecule has 0 amide bonds. The van der Waals surface area contributed by atoms with Gasteiger partial charge in [0, 0.05) is 37.7 Å². The number of hydrogen-bond acceptors (Lipinski definition) is 4. The van der Waals surface area contributed by atoms with Gasteiger partial charge in [-0.25, -0.2) is 4.79 Å². The molecular formula is C21H26ClKN2O3. The maximum Gasteiger partial charge on any atom is 1.00 e. The van der Waals surface area contributed by atoms with Gasteiger partial charge >= 0.3 is 57.4 Å². The Morgan fingerprint density at radius 3 is 2.25 bits per heavy atom. The van der Waals surface area contributed by atoms with Crippen molar-refractivity contribution >= 4 is 17.6 Å². The molecule has 0 spiro atoms. The summed E-state index contributed by atoms with van der Waals surface area (Å²) in [5.41, 5.74) is 2.52. The molecule has 1 saturated heterocycles. The average Bonchev–Trinajstić information content (AvgIpc) is 2.69. The van der Waals surface area contributed by atoms with Crippen LogP contribution in [0.25, 0.3) is 0 Å². The van der Waals surface area contributed by atoms with Gasteiger partial charge in [-0.3, -0.25) is 9.80 Å². The fourth-order valence-electron chi connectivity index (χ4n) is 3.49. The molecule has 5 nitrogen and oxygen atoms in total. The van der Waals surface area contributed by atoms with Gasteiger partial charge in [0.05, 0.1) is 12.6 Å². The Labute approximate surface area is 215 Å². The number of ether oxygens (including phenoxy) is 1. The summed E-state index contributed by atoms with van der Waals surface area (Å²) < 4.78 is 5.15. The zero-order chi connectivity index (χ0) is 19.1. The number of hydrogen-bond donors (Lipinski definition) is 1. The molecule has 1 aliphatic rings. The second-order valence-electron chi connectivity index (χ2n) is 6.69. The van der Waals surface area contributed by atoms with Crippen LogP contribution in [0, 0.1) is 0 Å². The third-order valence-electron chi connectivity index (χ3n) is 4.85. The summed E-state index contributed by atoms with van der Waals surface area (Å²) in [4.78, 5) is 15.3. The molecule has 1 N–H and O–H groups in total. The molecule has 146 valence electrons. The van der Waals surface area contributed by atoms with E-state index in [0.717, 1.165) is 37.7 Å². The zero-order valence-electron chi connectivity index (χ0n) is 17.3. The molecule has 0 aliphatic carbocycles. The molecular weight excluding hydrogens is 403 g/mol. The standard InChI is InChI=1S/C21H25ClN2O3.K.H/c22-19-8-6-18(7-9-19)21(17-4-2-1-3-5-17)24-12-10-23(11-13-24)14-15-27-16-20(25)26;;/h1-9,21H,10-16H2,(H,25,26);;/q;+1;-1. The van der Waals surface area contributed by atoms with Crippen molar-refractivity contribution in [1.29, 1.82) is 0 Å². The summed E-state index contributed by atoms with van der Waals surface area (Å²) in [5, 5.41) is 9.37. The largest absolute Gasteiger partial charge is 1.00 e. The minimum atomic E-state index is -0.923. The van der Waals surface area contributed by atoms with Crippen LogP contribution in [0.4, 0.5) is 0 Å². The van der Waals surface area contributed by atoms with Crippen molar-refractivity contribution in [3.05, 3.63) is 70.7 Å². The van der Waals surface area contributed by atoms with E-state index in [2.05, 4.69) is 46.2 Å². The van der Waals surface area contributed by atoms with E-state index in [-0.39, 0.29) is 65.5 Å². The first kappa shape index (κ1) is 24.0.